The second-order valence-corrected chi connectivity index (χ2v) is 6.19. The second kappa shape index (κ2) is 7.99. The van der Waals surface area contributed by atoms with Crippen LogP contribution in [0.1, 0.15) is 11.1 Å². The molecule has 0 fully saturated rings. The zero-order chi connectivity index (χ0) is 19.4. The van der Waals surface area contributed by atoms with E-state index in [1.165, 1.54) is 23.7 Å². The number of nitrogens with zero attached hydrogens (tertiary/aromatic N) is 2. The van der Waals surface area contributed by atoms with Crippen LogP contribution in [0.25, 0.3) is 0 Å². The van der Waals surface area contributed by atoms with Crippen LogP contribution in [-0.2, 0) is 20.0 Å². The largest absolute Gasteiger partial charge is 0.371 e. The van der Waals surface area contributed by atoms with Crippen LogP contribution in [0.3, 0.4) is 0 Å². The van der Waals surface area contributed by atoms with Crippen molar-refractivity contribution in [3.05, 3.63) is 98.2 Å². The Hall–Kier alpha value is -3.22. The van der Waals surface area contributed by atoms with Crippen molar-refractivity contribution in [1.29, 1.82) is 0 Å². The Balaban J connectivity index is 1.88. The Morgan fingerprint density at radius 2 is 1.74 bits per heavy atom. The molecule has 0 atom stereocenters. The Morgan fingerprint density at radius 1 is 1.00 bits per heavy atom. The van der Waals surface area contributed by atoms with Crippen molar-refractivity contribution < 1.29 is 8.78 Å². The van der Waals surface area contributed by atoms with E-state index in [-0.39, 0.29) is 12.1 Å². The molecule has 7 heteroatoms. The van der Waals surface area contributed by atoms with Crippen LogP contribution in [0.2, 0.25) is 0 Å². The molecule has 3 rings (SSSR count). The summed E-state index contributed by atoms with van der Waals surface area (Å²) in [4.78, 5) is 24.5. The van der Waals surface area contributed by atoms with Gasteiger partial charge in [0.2, 0.25) is 0 Å². The van der Waals surface area contributed by atoms with E-state index < -0.39 is 22.9 Å². The van der Waals surface area contributed by atoms with Crippen LogP contribution in [0.5, 0.6) is 0 Å². The lowest BCUT2D eigenvalue weighted by molar-refractivity contribution is 0.559. The third-order valence-corrected chi connectivity index (χ3v) is 4.31. The first-order chi connectivity index (χ1) is 13.0. The molecule has 0 bridgehead atoms. The van der Waals surface area contributed by atoms with Gasteiger partial charge in [0.25, 0.3) is 5.56 Å². The van der Waals surface area contributed by atoms with Crippen molar-refractivity contribution >= 4 is 5.82 Å². The molecule has 0 saturated carbocycles. The molecule has 0 spiro atoms. The summed E-state index contributed by atoms with van der Waals surface area (Å²) in [6.45, 7) is 0.370. The standard InChI is InChI=1S/C20H19F2N3O2/c1-24-19(26)12-18(23-10-9-14-5-3-2-4-6-14)25(20(24)27)13-15-7-8-16(21)11-17(15)22/h2-8,11-12,23H,9-10,13H2,1H3. The third kappa shape index (κ3) is 4.31. The molecule has 2 aromatic carbocycles. The summed E-state index contributed by atoms with van der Waals surface area (Å²) in [7, 11) is 1.36. The van der Waals surface area contributed by atoms with E-state index in [2.05, 4.69) is 5.32 Å². The van der Waals surface area contributed by atoms with E-state index in [0.29, 0.717) is 18.8 Å². The minimum absolute atomic E-state index is 0.118. The van der Waals surface area contributed by atoms with Gasteiger partial charge in [-0.25, -0.2) is 13.6 Å². The number of hydrogen-bond acceptors (Lipinski definition) is 3. The van der Waals surface area contributed by atoms with Crippen LogP contribution in [-0.4, -0.2) is 15.7 Å². The van der Waals surface area contributed by atoms with Crippen molar-refractivity contribution in [1.82, 2.24) is 9.13 Å². The lowest BCUT2D eigenvalue weighted by Crippen LogP contribution is -2.39. The molecule has 5 nitrogen and oxygen atoms in total. The topological polar surface area (TPSA) is 56.0 Å². The summed E-state index contributed by atoms with van der Waals surface area (Å²) in [5.41, 5.74) is 0.224. The van der Waals surface area contributed by atoms with E-state index in [9.17, 15) is 18.4 Å². The van der Waals surface area contributed by atoms with E-state index in [1.54, 1.807) is 0 Å². The molecule has 0 aliphatic rings. The average molecular weight is 371 g/mol. The Bertz CT molecular complexity index is 1060. The predicted octanol–water partition coefficient (Wildman–Crippen LogP) is 2.53. The average Bonchev–Trinajstić information content (AvgIpc) is 2.65. The van der Waals surface area contributed by atoms with Gasteiger partial charge >= 0.3 is 5.69 Å². The fourth-order valence-corrected chi connectivity index (χ4v) is 2.77. The molecule has 140 valence electrons. The predicted molar refractivity (Wildman–Crippen MR) is 100 cm³/mol. The maximum absolute atomic E-state index is 14.0. The molecular formula is C20H19F2N3O2. The molecule has 0 amide bonds. The minimum Gasteiger partial charge on any atom is -0.371 e. The number of hydrogen-bond donors (Lipinski definition) is 1. The van der Waals surface area contributed by atoms with Crippen LogP contribution in [0.15, 0.2) is 64.2 Å². The SMILES string of the molecule is Cn1c(=O)cc(NCCc2ccccc2)n(Cc2ccc(F)cc2F)c1=O. The van der Waals surface area contributed by atoms with E-state index in [1.807, 2.05) is 30.3 Å². The van der Waals surface area contributed by atoms with Crippen LogP contribution < -0.4 is 16.6 Å². The molecule has 0 unspecified atom stereocenters. The molecule has 1 heterocycles. The fraction of sp³-hybridized carbons (Fsp3) is 0.200. The first kappa shape index (κ1) is 18.6. The summed E-state index contributed by atoms with van der Waals surface area (Å²) in [5.74, 6) is -1.14. The highest BCUT2D eigenvalue weighted by atomic mass is 19.1. The van der Waals surface area contributed by atoms with Gasteiger partial charge < -0.3 is 5.32 Å². The molecule has 27 heavy (non-hydrogen) atoms. The van der Waals surface area contributed by atoms with E-state index in [4.69, 9.17) is 0 Å². The highest BCUT2D eigenvalue weighted by Crippen LogP contribution is 2.13. The second-order valence-electron chi connectivity index (χ2n) is 6.19. The van der Waals surface area contributed by atoms with Crippen molar-refractivity contribution in [3.63, 3.8) is 0 Å². The maximum Gasteiger partial charge on any atom is 0.332 e. The van der Waals surface area contributed by atoms with Gasteiger partial charge in [-0.2, -0.15) is 0 Å². The van der Waals surface area contributed by atoms with E-state index >= 15 is 0 Å². The summed E-state index contributed by atoms with van der Waals surface area (Å²) < 4.78 is 29.3. The molecular weight excluding hydrogens is 352 g/mol. The maximum atomic E-state index is 14.0. The van der Waals surface area contributed by atoms with Gasteiger partial charge in [0.05, 0.1) is 6.54 Å². The summed E-state index contributed by atoms with van der Waals surface area (Å²) in [6, 6.07) is 14.2. The Kier molecular flexibility index (Phi) is 5.49. The van der Waals surface area contributed by atoms with Crippen molar-refractivity contribution in [2.75, 3.05) is 11.9 Å². The lowest BCUT2D eigenvalue weighted by atomic mass is 10.1. The van der Waals surface area contributed by atoms with Gasteiger partial charge in [0, 0.05) is 31.3 Å². The zero-order valence-electron chi connectivity index (χ0n) is 14.8. The molecule has 0 saturated heterocycles. The number of rotatable bonds is 6. The molecule has 1 aromatic heterocycles. The summed E-state index contributed by atoms with van der Waals surface area (Å²) >= 11 is 0. The van der Waals surface area contributed by atoms with Crippen LogP contribution in [0, 0.1) is 11.6 Å². The Labute approximate surface area is 154 Å². The quantitative estimate of drug-likeness (QED) is 0.725. The number of halogens is 2. The number of aromatic nitrogens is 2. The normalized spacial score (nSPS) is 10.8. The smallest absolute Gasteiger partial charge is 0.332 e. The van der Waals surface area contributed by atoms with Gasteiger partial charge in [-0.3, -0.25) is 13.9 Å². The molecule has 0 radical (unpaired) electrons. The zero-order valence-corrected chi connectivity index (χ0v) is 14.8. The molecule has 1 N–H and O–H groups in total. The third-order valence-electron chi connectivity index (χ3n) is 4.31. The monoisotopic (exact) mass is 371 g/mol. The minimum atomic E-state index is -0.744. The molecule has 0 aliphatic carbocycles. The van der Waals surface area contributed by atoms with Crippen LogP contribution in [0.4, 0.5) is 14.6 Å². The molecule has 3 aromatic rings. The lowest BCUT2D eigenvalue weighted by Gasteiger charge is -2.16. The van der Waals surface area contributed by atoms with Crippen LogP contribution >= 0.6 is 0 Å². The Morgan fingerprint density at radius 3 is 2.44 bits per heavy atom. The molecule has 0 aliphatic heterocycles. The van der Waals surface area contributed by atoms with Crippen molar-refractivity contribution in [3.8, 4) is 0 Å². The van der Waals surface area contributed by atoms with Gasteiger partial charge in [-0.15, -0.1) is 0 Å². The first-order valence-electron chi connectivity index (χ1n) is 8.48. The summed E-state index contributed by atoms with van der Waals surface area (Å²) in [5, 5.41) is 3.07. The number of anilines is 1. The highest BCUT2D eigenvalue weighted by Gasteiger charge is 2.12. The van der Waals surface area contributed by atoms with Gasteiger partial charge in [-0.1, -0.05) is 36.4 Å². The fourth-order valence-electron chi connectivity index (χ4n) is 2.77. The highest BCUT2D eigenvalue weighted by molar-refractivity contribution is 5.36. The van der Waals surface area contributed by atoms with Crippen molar-refractivity contribution in [2.24, 2.45) is 7.05 Å². The summed E-state index contributed by atoms with van der Waals surface area (Å²) in [6.07, 6.45) is 0.690. The van der Waals surface area contributed by atoms with Gasteiger partial charge in [0.15, 0.2) is 0 Å². The van der Waals surface area contributed by atoms with Gasteiger partial charge in [0.1, 0.15) is 17.5 Å². The van der Waals surface area contributed by atoms with Gasteiger partial charge in [-0.05, 0) is 18.1 Å². The van der Waals surface area contributed by atoms with Crippen molar-refractivity contribution in [2.45, 2.75) is 13.0 Å². The first-order valence-corrected chi connectivity index (χ1v) is 8.48. The number of benzene rings is 2. The number of nitrogens with one attached hydrogen (secondary N) is 1. The van der Waals surface area contributed by atoms with E-state index in [0.717, 1.165) is 22.3 Å².